The van der Waals surface area contributed by atoms with E-state index in [1.165, 1.54) is 38.2 Å². The highest BCUT2D eigenvalue weighted by Crippen LogP contribution is 2.33. The third-order valence-electron chi connectivity index (χ3n) is 4.06. The smallest absolute Gasteiger partial charge is 0.123 e. The van der Waals surface area contributed by atoms with Crippen molar-refractivity contribution in [1.82, 2.24) is 5.32 Å². The lowest BCUT2D eigenvalue weighted by Crippen LogP contribution is -2.28. The summed E-state index contributed by atoms with van der Waals surface area (Å²) < 4.78 is 13.1. The Balaban J connectivity index is 1.83. The van der Waals surface area contributed by atoms with Crippen LogP contribution in [0.15, 0.2) is 24.3 Å². The monoisotopic (exact) mass is 249 g/mol. The van der Waals surface area contributed by atoms with Gasteiger partial charge in [-0.05, 0) is 48.8 Å². The predicted molar refractivity (Wildman–Crippen MR) is 73.9 cm³/mol. The number of halogens is 1. The third-order valence-corrected chi connectivity index (χ3v) is 4.06. The maximum Gasteiger partial charge on any atom is 0.123 e. The zero-order chi connectivity index (χ0) is 13.0. The minimum atomic E-state index is -0.142. The molecule has 1 aliphatic rings. The standard InChI is InChI=1S/C16H24FN/c1-16(2)9-4-7-15(8-10-16)18-12-13-5-3-6-14(17)11-13/h3,5-6,11,15,18H,4,7-10,12H2,1-2H3. The Bertz CT molecular complexity index is 386. The van der Waals surface area contributed by atoms with E-state index in [4.69, 9.17) is 0 Å². The topological polar surface area (TPSA) is 12.0 Å². The first-order chi connectivity index (χ1) is 8.55. The molecule has 0 aliphatic heterocycles. The molecule has 0 spiro atoms. The summed E-state index contributed by atoms with van der Waals surface area (Å²) in [6.07, 6.45) is 6.40. The van der Waals surface area contributed by atoms with E-state index in [9.17, 15) is 4.39 Å². The number of benzene rings is 1. The SMILES string of the molecule is CC1(C)CCCC(NCc2cccc(F)c2)CC1. The number of hydrogen-bond donors (Lipinski definition) is 1. The van der Waals surface area contributed by atoms with Gasteiger partial charge in [0.2, 0.25) is 0 Å². The van der Waals surface area contributed by atoms with Gasteiger partial charge in [-0.1, -0.05) is 32.4 Å². The molecule has 100 valence electrons. The van der Waals surface area contributed by atoms with Crippen LogP contribution in [0.4, 0.5) is 4.39 Å². The van der Waals surface area contributed by atoms with Crippen LogP contribution in [0.3, 0.4) is 0 Å². The summed E-state index contributed by atoms with van der Waals surface area (Å²) >= 11 is 0. The highest BCUT2D eigenvalue weighted by Gasteiger charge is 2.23. The van der Waals surface area contributed by atoms with E-state index in [0.29, 0.717) is 11.5 Å². The van der Waals surface area contributed by atoms with E-state index in [1.54, 1.807) is 12.1 Å². The molecule has 1 fully saturated rings. The summed E-state index contributed by atoms with van der Waals surface area (Å²) in [5, 5.41) is 3.58. The van der Waals surface area contributed by atoms with E-state index >= 15 is 0 Å². The van der Waals surface area contributed by atoms with Crippen LogP contribution >= 0.6 is 0 Å². The van der Waals surface area contributed by atoms with Gasteiger partial charge in [0.1, 0.15) is 5.82 Å². The zero-order valence-corrected chi connectivity index (χ0v) is 11.5. The van der Waals surface area contributed by atoms with Crippen LogP contribution in [0, 0.1) is 11.2 Å². The Hall–Kier alpha value is -0.890. The minimum absolute atomic E-state index is 0.142. The van der Waals surface area contributed by atoms with Crippen LogP contribution in [0.1, 0.15) is 51.5 Å². The van der Waals surface area contributed by atoms with E-state index < -0.39 is 0 Å². The highest BCUT2D eigenvalue weighted by molar-refractivity contribution is 5.16. The van der Waals surface area contributed by atoms with Crippen LogP contribution in [0.5, 0.6) is 0 Å². The van der Waals surface area contributed by atoms with Crippen molar-refractivity contribution in [3.63, 3.8) is 0 Å². The fourth-order valence-corrected chi connectivity index (χ4v) is 2.77. The Morgan fingerprint density at radius 1 is 1.28 bits per heavy atom. The van der Waals surface area contributed by atoms with Gasteiger partial charge in [-0.2, -0.15) is 0 Å². The molecular weight excluding hydrogens is 225 g/mol. The van der Waals surface area contributed by atoms with Gasteiger partial charge in [0.25, 0.3) is 0 Å². The molecule has 18 heavy (non-hydrogen) atoms. The molecular formula is C16H24FN. The summed E-state index contributed by atoms with van der Waals surface area (Å²) in [7, 11) is 0. The first-order valence-electron chi connectivity index (χ1n) is 7.03. The van der Waals surface area contributed by atoms with E-state index in [-0.39, 0.29) is 5.82 Å². The second-order valence-corrected chi connectivity index (χ2v) is 6.30. The molecule has 0 saturated heterocycles. The fourth-order valence-electron chi connectivity index (χ4n) is 2.77. The Morgan fingerprint density at radius 3 is 2.89 bits per heavy atom. The number of nitrogens with one attached hydrogen (secondary N) is 1. The molecule has 1 nitrogen and oxygen atoms in total. The molecule has 1 unspecified atom stereocenters. The van der Waals surface area contributed by atoms with Crippen molar-refractivity contribution in [3.8, 4) is 0 Å². The lowest BCUT2D eigenvalue weighted by molar-refractivity contribution is 0.309. The molecule has 1 aromatic rings. The van der Waals surface area contributed by atoms with Gasteiger partial charge in [0.05, 0.1) is 0 Å². The molecule has 0 radical (unpaired) electrons. The second kappa shape index (κ2) is 5.83. The third kappa shape index (κ3) is 4.09. The summed E-state index contributed by atoms with van der Waals surface area (Å²) in [4.78, 5) is 0. The number of rotatable bonds is 3. The van der Waals surface area contributed by atoms with Gasteiger partial charge in [0, 0.05) is 12.6 Å². The molecule has 2 rings (SSSR count). The maximum atomic E-state index is 13.1. The minimum Gasteiger partial charge on any atom is -0.310 e. The number of hydrogen-bond acceptors (Lipinski definition) is 1. The average Bonchev–Trinajstić information content (AvgIpc) is 2.48. The van der Waals surface area contributed by atoms with Crippen LogP contribution in [-0.4, -0.2) is 6.04 Å². The van der Waals surface area contributed by atoms with E-state index in [1.807, 2.05) is 6.07 Å². The molecule has 1 saturated carbocycles. The Kier molecular flexibility index (Phi) is 4.39. The molecule has 0 bridgehead atoms. The predicted octanol–water partition coefficient (Wildman–Crippen LogP) is 4.27. The van der Waals surface area contributed by atoms with Crippen LogP contribution in [0.25, 0.3) is 0 Å². The molecule has 0 amide bonds. The summed E-state index contributed by atoms with van der Waals surface area (Å²) in [5.41, 5.74) is 1.54. The largest absolute Gasteiger partial charge is 0.310 e. The molecule has 1 aliphatic carbocycles. The maximum absolute atomic E-state index is 13.1. The van der Waals surface area contributed by atoms with Crippen molar-refractivity contribution < 1.29 is 4.39 Å². The second-order valence-electron chi connectivity index (χ2n) is 6.30. The van der Waals surface area contributed by atoms with Crippen molar-refractivity contribution >= 4 is 0 Å². The van der Waals surface area contributed by atoms with E-state index in [0.717, 1.165) is 12.1 Å². The molecule has 1 atom stereocenters. The zero-order valence-electron chi connectivity index (χ0n) is 11.5. The van der Waals surface area contributed by atoms with Gasteiger partial charge < -0.3 is 5.32 Å². The molecule has 1 N–H and O–H groups in total. The average molecular weight is 249 g/mol. The van der Waals surface area contributed by atoms with Gasteiger partial charge in [-0.25, -0.2) is 4.39 Å². The lowest BCUT2D eigenvalue weighted by atomic mass is 9.85. The summed E-state index contributed by atoms with van der Waals surface area (Å²) in [5.74, 6) is -0.142. The van der Waals surface area contributed by atoms with Crippen LogP contribution in [0.2, 0.25) is 0 Å². The highest BCUT2D eigenvalue weighted by atomic mass is 19.1. The van der Waals surface area contributed by atoms with Crippen molar-refractivity contribution in [1.29, 1.82) is 0 Å². The lowest BCUT2D eigenvalue weighted by Gasteiger charge is -2.22. The van der Waals surface area contributed by atoms with Gasteiger partial charge >= 0.3 is 0 Å². The fraction of sp³-hybridized carbons (Fsp3) is 0.625. The molecule has 0 heterocycles. The quantitative estimate of drug-likeness (QED) is 0.789. The van der Waals surface area contributed by atoms with Crippen molar-refractivity contribution in [2.24, 2.45) is 5.41 Å². The van der Waals surface area contributed by atoms with Crippen LogP contribution in [-0.2, 0) is 6.54 Å². The molecule has 1 aromatic carbocycles. The summed E-state index contributed by atoms with van der Waals surface area (Å²) in [6, 6.07) is 7.47. The van der Waals surface area contributed by atoms with Gasteiger partial charge in [-0.15, -0.1) is 0 Å². The first-order valence-corrected chi connectivity index (χ1v) is 7.03. The Labute approximate surface area is 110 Å². The van der Waals surface area contributed by atoms with Crippen LogP contribution < -0.4 is 5.32 Å². The normalized spacial score (nSPS) is 23.6. The Morgan fingerprint density at radius 2 is 2.11 bits per heavy atom. The van der Waals surface area contributed by atoms with Crippen molar-refractivity contribution in [3.05, 3.63) is 35.6 Å². The van der Waals surface area contributed by atoms with Gasteiger partial charge in [-0.3, -0.25) is 0 Å². The van der Waals surface area contributed by atoms with Crippen molar-refractivity contribution in [2.75, 3.05) is 0 Å². The first kappa shape index (κ1) is 13.5. The van der Waals surface area contributed by atoms with E-state index in [2.05, 4.69) is 19.2 Å². The van der Waals surface area contributed by atoms with Gasteiger partial charge in [0.15, 0.2) is 0 Å². The van der Waals surface area contributed by atoms with Crippen molar-refractivity contribution in [2.45, 2.75) is 58.5 Å². The molecule has 0 aromatic heterocycles. The molecule has 2 heteroatoms. The summed E-state index contributed by atoms with van der Waals surface area (Å²) in [6.45, 7) is 5.51.